The Kier molecular flexibility index (Phi) is 4.12. The molecule has 1 atom stereocenters. The molecule has 0 spiro atoms. The van der Waals surface area contributed by atoms with E-state index in [2.05, 4.69) is 29.7 Å². The standard InChI is InChI=1S/C14H20N6O/c1-19(2)9-11-8-17-13(18-11)12-10-20(6-7-21-12)14-15-4-3-5-16-14/h3-5,8,12H,6-7,9-10H2,1-2H3,(H,17,18)/t12-/m1/s1. The third-order valence-electron chi connectivity index (χ3n) is 3.34. The topological polar surface area (TPSA) is 70.2 Å². The molecule has 2 aromatic rings. The molecule has 0 radical (unpaired) electrons. The summed E-state index contributed by atoms with van der Waals surface area (Å²) in [4.78, 5) is 20.6. The molecule has 1 aliphatic heterocycles. The van der Waals surface area contributed by atoms with Gasteiger partial charge in [-0.15, -0.1) is 0 Å². The van der Waals surface area contributed by atoms with Gasteiger partial charge in [-0.05, 0) is 20.2 Å². The summed E-state index contributed by atoms with van der Waals surface area (Å²) < 4.78 is 5.83. The van der Waals surface area contributed by atoms with Crippen molar-refractivity contribution in [1.82, 2.24) is 24.8 Å². The molecule has 0 saturated carbocycles. The molecule has 112 valence electrons. The summed E-state index contributed by atoms with van der Waals surface area (Å²) in [7, 11) is 4.07. The van der Waals surface area contributed by atoms with Gasteiger partial charge in [0.25, 0.3) is 0 Å². The number of morpholine rings is 1. The Morgan fingerprint density at radius 2 is 2.14 bits per heavy atom. The van der Waals surface area contributed by atoms with Crippen LogP contribution in [0.25, 0.3) is 0 Å². The highest BCUT2D eigenvalue weighted by molar-refractivity contribution is 5.29. The van der Waals surface area contributed by atoms with Crippen LogP contribution >= 0.6 is 0 Å². The van der Waals surface area contributed by atoms with Crippen molar-refractivity contribution in [3.63, 3.8) is 0 Å². The number of hydrogen-bond acceptors (Lipinski definition) is 6. The van der Waals surface area contributed by atoms with Gasteiger partial charge in [-0.2, -0.15) is 0 Å². The molecule has 0 amide bonds. The third kappa shape index (κ3) is 3.37. The number of nitrogens with zero attached hydrogens (tertiary/aromatic N) is 5. The molecule has 1 aliphatic rings. The molecule has 21 heavy (non-hydrogen) atoms. The van der Waals surface area contributed by atoms with Crippen LogP contribution in [0.2, 0.25) is 0 Å². The van der Waals surface area contributed by atoms with Crippen LogP contribution in [-0.2, 0) is 11.3 Å². The molecule has 1 N–H and O–H groups in total. The van der Waals surface area contributed by atoms with Crippen molar-refractivity contribution in [2.75, 3.05) is 38.7 Å². The normalized spacial score (nSPS) is 19.2. The Labute approximate surface area is 124 Å². The predicted molar refractivity (Wildman–Crippen MR) is 78.9 cm³/mol. The first-order valence-electron chi connectivity index (χ1n) is 7.04. The molecular weight excluding hydrogens is 268 g/mol. The van der Waals surface area contributed by atoms with E-state index in [0.717, 1.165) is 30.6 Å². The highest BCUT2D eigenvalue weighted by Gasteiger charge is 2.25. The molecule has 1 fully saturated rings. The van der Waals surface area contributed by atoms with Gasteiger partial charge in [0.15, 0.2) is 0 Å². The van der Waals surface area contributed by atoms with Crippen molar-refractivity contribution >= 4 is 5.95 Å². The molecular formula is C14H20N6O. The molecule has 0 aromatic carbocycles. The summed E-state index contributed by atoms with van der Waals surface area (Å²) >= 11 is 0. The van der Waals surface area contributed by atoms with E-state index < -0.39 is 0 Å². The van der Waals surface area contributed by atoms with Gasteiger partial charge in [0.1, 0.15) is 11.9 Å². The summed E-state index contributed by atoms with van der Waals surface area (Å²) in [6, 6.07) is 1.82. The number of aromatic nitrogens is 4. The van der Waals surface area contributed by atoms with E-state index in [1.165, 1.54) is 0 Å². The van der Waals surface area contributed by atoms with Gasteiger partial charge in [0, 0.05) is 37.4 Å². The first kappa shape index (κ1) is 14.0. The molecule has 2 aromatic heterocycles. The zero-order valence-electron chi connectivity index (χ0n) is 12.4. The predicted octanol–water partition coefficient (Wildman–Crippen LogP) is 0.839. The van der Waals surface area contributed by atoms with Crippen molar-refractivity contribution in [2.24, 2.45) is 0 Å². The Bertz CT molecular complexity index is 570. The SMILES string of the molecule is CN(C)Cc1cnc([C@H]2CN(c3ncccn3)CCO2)[nH]1. The number of imidazole rings is 1. The molecule has 3 heterocycles. The second-order valence-corrected chi connectivity index (χ2v) is 5.39. The summed E-state index contributed by atoms with van der Waals surface area (Å²) in [6.45, 7) is 2.99. The lowest BCUT2D eigenvalue weighted by Gasteiger charge is -2.31. The van der Waals surface area contributed by atoms with E-state index in [1.807, 2.05) is 26.4 Å². The maximum absolute atomic E-state index is 5.83. The van der Waals surface area contributed by atoms with Crippen molar-refractivity contribution in [2.45, 2.75) is 12.6 Å². The number of rotatable bonds is 4. The monoisotopic (exact) mass is 288 g/mol. The Hall–Kier alpha value is -1.99. The fraction of sp³-hybridized carbons (Fsp3) is 0.500. The maximum atomic E-state index is 5.83. The van der Waals surface area contributed by atoms with Crippen LogP contribution in [0.5, 0.6) is 0 Å². The smallest absolute Gasteiger partial charge is 0.225 e. The van der Waals surface area contributed by atoms with Gasteiger partial charge >= 0.3 is 0 Å². The molecule has 0 aliphatic carbocycles. The number of anilines is 1. The van der Waals surface area contributed by atoms with E-state index in [9.17, 15) is 0 Å². The number of nitrogens with one attached hydrogen (secondary N) is 1. The summed E-state index contributed by atoms with van der Waals surface area (Å²) in [5.41, 5.74) is 1.09. The van der Waals surface area contributed by atoms with E-state index in [1.54, 1.807) is 12.4 Å². The van der Waals surface area contributed by atoms with Crippen LogP contribution in [0.1, 0.15) is 17.6 Å². The first-order chi connectivity index (χ1) is 10.2. The minimum Gasteiger partial charge on any atom is -0.367 e. The fourth-order valence-corrected chi connectivity index (χ4v) is 2.41. The molecule has 7 nitrogen and oxygen atoms in total. The first-order valence-corrected chi connectivity index (χ1v) is 7.04. The van der Waals surface area contributed by atoms with Gasteiger partial charge in [0.05, 0.1) is 13.2 Å². The Balaban J connectivity index is 1.70. The van der Waals surface area contributed by atoms with Gasteiger partial charge in [0.2, 0.25) is 5.95 Å². The van der Waals surface area contributed by atoms with Crippen molar-refractivity contribution in [3.8, 4) is 0 Å². The van der Waals surface area contributed by atoms with Crippen molar-refractivity contribution in [3.05, 3.63) is 36.2 Å². The van der Waals surface area contributed by atoms with Gasteiger partial charge in [-0.25, -0.2) is 15.0 Å². The van der Waals surface area contributed by atoms with Crippen LogP contribution in [0.4, 0.5) is 5.95 Å². The number of ether oxygens (including phenoxy) is 1. The summed E-state index contributed by atoms with van der Waals surface area (Å²) in [5.74, 6) is 1.61. The van der Waals surface area contributed by atoms with Crippen LogP contribution in [0.15, 0.2) is 24.7 Å². The van der Waals surface area contributed by atoms with E-state index >= 15 is 0 Å². The minimum atomic E-state index is -0.0709. The third-order valence-corrected chi connectivity index (χ3v) is 3.34. The van der Waals surface area contributed by atoms with Gasteiger partial charge in [-0.3, -0.25) is 0 Å². The van der Waals surface area contributed by atoms with E-state index in [4.69, 9.17) is 4.74 Å². The quantitative estimate of drug-likeness (QED) is 0.899. The zero-order chi connectivity index (χ0) is 14.7. The van der Waals surface area contributed by atoms with Crippen LogP contribution in [0, 0.1) is 0 Å². The second kappa shape index (κ2) is 6.19. The second-order valence-electron chi connectivity index (χ2n) is 5.39. The molecule has 3 rings (SSSR count). The minimum absolute atomic E-state index is 0.0709. The van der Waals surface area contributed by atoms with Crippen LogP contribution < -0.4 is 4.90 Å². The molecule has 0 unspecified atom stereocenters. The van der Waals surface area contributed by atoms with Crippen molar-refractivity contribution < 1.29 is 4.74 Å². The lowest BCUT2D eigenvalue weighted by atomic mass is 10.2. The Morgan fingerprint density at radius 3 is 2.90 bits per heavy atom. The zero-order valence-corrected chi connectivity index (χ0v) is 12.4. The Morgan fingerprint density at radius 1 is 1.33 bits per heavy atom. The van der Waals surface area contributed by atoms with Gasteiger partial charge in [-0.1, -0.05) is 0 Å². The summed E-state index contributed by atoms with van der Waals surface area (Å²) in [6.07, 6.45) is 5.32. The van der Waals surface area contributed by atoms with Crippen molar-refractivity contribution in [1.29, 1.82) is 0 Å². The lowest BCUT2D eigenvalue weighted by Crippen LogP contribution is -2.39. The van der Waals surface area contributed by atoms with E-state index in [-0.39, 0.29) is 6.10 Å². The van der Waals surface area contributed by atoms with Crippen LogP contribution in [0.3, 0.4) is 0 Å². The molecule has 0 bridgehead atoms. The largest absolute Gasteiger partial charge is 0.367 e. The maximum Gasteiger partial charge on any atom is 0.225 e. The average Bonchev–Trinajstić information content (AvgIpc) is 2.96. The lowest BCUT2D eigenvalue weighted by molar-refractivity contribution is 0.0339. The highest BCUT2D eigenvalue weighted by atomic mass is 16.5. The molecule has 1 saturated heterocycles. The average molecular weight is 288 g/mol. The number of aromatic amines is 1. The van der Waals surface area contributed by atoms with E-state index in [0.29, 0.717) is 13.2 Å². The number of H-pyrrole nitrogens is 1. The number of hydrogen-bond donors (Lipinski definition) is 1. The highest BCUT2D eigenvalue weighted by Crippen LogP contribution is 2.22. The summed E-state index contributed by atoms with van der Waals surface area (Å²) in [5, 5.41) is 0. The van der Waals surface area contributed by atoms with Gasteiger partial charge < -0.3 is 19.5 Å². The van der Waals surface area contributed by atoms with Crippen LogP contribution in [-0.4, -0.2) is 58.6 Å². The molecule has 7 heteroatoms. The fourth-order valence-electron chi connectivity index (χ4n) is 2.41.